The molecule has 1 aromatic heterocycles. The predicted molar refractivity (Wildman–Crippen MR) is 124 cm³/mol. The predicted octanol–water partition coefficient (Wildman–Crippen LogP) is 7.58. The van der Waals surface area contributed by atoms with Gasteiger partial charge in [0.2, 0.25) is 0 Å². The minimum absolute atomic E-state index is 0. The smallest absolute Gasteiger partial charge is 0.187 e. The van der Waals surface area contributed by atoms with E-state index in [1.807, 2.05) is 0 Å². The first-order valence-electron chi connectivity index (χ1n) is 8.81. The van der Waals surface area contributed by atoms with Crippen LogP contribution in [0.1, 0.15) is 26.3 Å². The second-order valence-corrected chi connectivity index (χ2v) is 8.41. The summed E-state index contributed by atoms with van der Waals surface area (Å²) in [5, 5.41) is 8.92. The van der Waals surface area contributed by atoms with Gasteiger partial charge >= 0.3 is 0 Å². The zero-order chi connectivity index (χ0) is 18.1. The van der Waals surface area contributed by atoms with Crippen molar-refractivity contribution < 1.29 is 0 Å². The summed E-state index contributed by atoms with van der Waals surface area (Å²) < 4.78 is 0. The Labute approximate surface area is 175 Å². The van der Waals surface area contributed by atoms with Gasteiger partial charge in [0.15, 0.2) is 5.13 Å². The summed E-state index contributed by atoms with van der Waals surface area (Å²) in [5.74, 6) is 0. The topological polar surface area (TPSA) is 24.9 Å². The van der Waals surface area contributed by atoms with Gasteiger partial charge in [-0.05, 0) is 33.9 Å². The third-order valence-corrected chi connectivity index (χ3v) is 5.31. The van der Waals surface area contributed by atoms with Crippen LogP contribution in [0.3, 0.4) is 0 Å². The zero-order valence-corrected chi connectivity index (χ0v) is 18.2. The molecule has 138 valence electrons. The second kappa shape index (κ2) is 7.83. The molecule has 0 saturated heterocycles. The molecule has 2 nitrogen and oxygen atoms in total. The lowest BCUT2D eigenvalue weighted by atomic mass is 9.86. The van der Waals surface area contributed by atoms with E-state index >= 15 is 0 Å². The summed E-state index contributed by atoms with van der Waals surface area (Å²) >= 11 is 1.63. The Bertz CT molecular complexity index is 1050. The molecule has 0 aliphatic rings. The lowest BCUT2D eigenvalue weighted by molar-refractivity contribution is 0.590. The summed E-state index contributed by atoms with van der Waals surface area (Å²) in [6, 6.07) is 23.5. The van der Waals surface area contributed by atoms with Gasteiger partial charge in [0.1, 0.15) is 0 Å². The summed E-state index contributed by atoms with van der Waals surface area (Å²) in [7, 11) is 0. The van der Waals surface area contributed by atoms with Crippen molar-refractivity contribution in [1.29, 1.82) is 0 Å². The number of anilines is 2. The maximum absolute atomic E-state index is 4.76. The Hall–Kier alpha value is -2.17. The Morgan fingerprint density at radius 3 is 2.26 bits per heavy atom. The zero-order valence-electron chi connectivity index (χ0n) is 15.7. The largest absolute Gasteiger partial charge is 0.332 e. The van der Waals surface area contributed by atoms with E-state index in [9.17, 15) is 0 Å². The highest BCUT2D eigenvalue weighted by Gasteiger charge is 2.13. The SMILES string of the molecule is Br.CC(C)(C)c1ccc(-c2csc(Nc3ccc4ccccc4c3)n2)cc1. The molecule has 4 aromatic rings. The number of aromatic nitrogens is 1. The molecule has 0 fully saturated rings. The average molecular weight is 439 g/mol. The van der Waals surface area contributed by atoms with Gasteiger partial charge in [0.05, 0.1) is 5.69 Å². The highest BCUT2D eigenvalue weighted by molar-refractivity contribution is 8.93. The van der Waals surface area contributed by atoms with E-state index in [4.69, 9.17) is 4.98 Å². The van der Waals surface area contributed by atoms with Crippen LogP contribution in [0.15, 0.2) is 72.1 Å². The molecule has 1 N–H and O–H groups in total. The van der Waals surface area contributed by atoms with E-state index in [1.165, 1.54) is 16.3 Å². The van der Waals surface area contributed by atoms with Gasteiger partial charge in [0, 0.05) is 16.6 Å². The first kappa shape index (κ1) is 19.6. The van der Waals surface area contributed by atoms with Gasteiger partial charge in [-0.15, -0.1) is 28.3 Å². The lowest BCUT2D eigenvalue weighted by Crippen LogP contribution is -2.10. The number of thiazole rings is 1. The number of hydrogen-bond donors (Lipinski definition) is 1. The fourth-order valence-corrected chi connectivity index (χ4v) is 3.74. The molecule has 4 heteroatoms. The molecule has 0 saturated carbocycles. The van der Waals surface area contributed by atoms with Crippen molar-refractivity contribution in [3.05, 3.63) is 77.7 Å². The van der Waals surface area contributed by atoms with Gasteiger partial charge in [-0.1, -0.05) is 75.4 Å². The third-order valence-electron chi connectivity index (χ3n) is 4.55. The molecule has 0 amide bonds. The molecule has 0 aliphatic carbocycles. The molecule has 0 radical (unpaired) electrons. The monoisotopic (exact) mass is 438 g/mol. The minimum atomic E-state index is 0. The van der Waals surface area contributed by atoms with Gasteiger partial charge < -0.3 is 5.32 Å². The summed E-state index contributed by atoms with van der Waals surface area (Å²) in [6.45, 7) is 6.70. The summed E-state index contributed by atoms with van der Waals surface area (Å²) in [5.41, 5.74) is 4.74. The minimum Gasteiger partial charge on any atom is -0.332 e. The van der Waals surface area contributed by atoms with E-state index in [-0.39, 0.29) is 22.4 Å². The van der Waals surface area contributed by atoms with Crippen LogP contribution in [0.4, 0.5) is 10.8 Å². The van der Waals surface area contributed by atoms with Crippen molar-refractivity contribution in [3.8, 4) is 11.3 Å². The van der Waals surface area contributed by atoms with Crippen molar-refractivity contribution in [2.75, 3.05) is 5.32 Å². The van der Waals surface area contributed by atoms with Gasteiger partial charge in [-0.2, -0.15) is 0 Å². The van der Waals surface area contributed by atoms with E-state index in [1.54, 1.807) is 11.3 Å². The van der Waals surface area contributed by atoms with Crippen LogP contribution >= 0.6 is 28.3 Å². The molecule has 1 heterocycles. The van der Waals surface area contributed by atoms with Crippen molar-refractivity contribution in [3.63, 3.8) is 0 Å². The number of halogens is 1. The highest BCUT2D eigenvalue weighted by Crippen LogP contribution is 2.30. The third kappa shape index (κ3) is 4.40. The standard InChI is InChI=1S/C23H22N2S.BrH/c1-23(2,3)19-11-8-17(9-12-19)21-15-26-22(25-21)24-20-13-10-16-6-4-5-7-18(16)14-20;/h4-15H,1-3H3,(H,24,25);1H. The number of nitrogens with zero attached hydrogens (tertiary/aromatic N) is 1. The number of hydrogen-bond acceptors (Lipinski definition) is 3. The molecule has 0 atom stereocenters. The molecule has 0 unspecified atom stereocenters. The van der Waals surface area contributed by atoms with Crippen molar-refractivity contribution in [2.45, 2.75) is 26.2 Å². The number of benzene rings is 3. The quantitative estimate of drug-likeness (QED) is 0.356. The molecule has 3 aromatic carbocycles. The Balaban J connectivity index is 0.00000210. The van der Waals surface area contributed by atoms with Crippen LogP contribution in [0.2, 0.25) is 0 Å². The molecule has 0 bridgehead atoms. The van der Waals surface area contributed by atoms with Crippen LogP contribution in [0.25, 0.3) is 22.0 Å². The molecule has 27 heavy (non-hydrogen) atoms. The number of fused-ring (bicyclic) bond motifs is 1. The van der Waals surface area contributed by atoms with E-state index in [2.05, 4.69) is 98.2 Å². The van der Waals surface area contributed by atoms with Gasteiger partial charge in [0.25, 0.3) is 0 Å². The van der Waals surface area contributed by atoms with Gasteiger partial charge in [-0.25, -0.2) is 4.98 Å². The van der Waals surface area contributed by atoms with Crippen molar-refractivity contribution in [1.82, 2.24) is 4.98 Å². The lowest BCUT2D eigenvalue weighted by Gasteiger charge is -2.18. The van der Waals surface area contributed by atoms with E-state index in [0.717, 1.165) is 22.1 Å². The number of nitrogens with one attached hydrogen (secondary N) is 1. The van der Waals surface area contributed by atoms with E-state index in [0.29, 0.717) is 0 Å². The normalized spacial score (nSPS) is 11.2. The van der Waals surface area contributed by atoms with Crippen molar-refractivity contribution in [2.24, 2.45) is 0 Å². The maximum Gasteiger partial charge on any atom is 0.187 e. The van der Waals surface area contributed by atoms with Crippen LogP contribution in [0.5, 0.6) is 0 Å². The van der Waals surface area contributed by atoms with Gasteiger partial charge in [-0.3, -0.25) is 0 Å². The average Bonchev–Trinajstić information content (AvgIpc) is 3.09. The summed E-state index contributed by atoms with van der Waals surface area (Å²) in [4.78, 5) is 4.76. The summed E-state index contributed by atoms with van der Waals surface area (Å²) in [6.07, 6.45) is 0. The molecular weight excluding hydrogens is 416 g/mol. The first-order chi connectivity index (χ1) is 12.5. The number of rotatable bonds is 3. The first-order valence-corrected chi connectivity index (χ1v) is 9.69. The molecule has 0 spiro atoms. The fraction of sp³-hybridized carbons (Fsp3) is 0.174. The Morgan fingerprint density at radius 2 is 1.56 bits per heavy atom. The Morgan fingerprint density at radius 1 is 0.852 bits per heavy atom. The fourth-order valence-electron chi connectivity index (χ4n) is 3.00. The molecule has 0 aliphatic heterocycles. The van der Waals surface area contributed by atoms with Crippen LogP contribution in [0, 0.1) is 0 Å². The van der Waals surface area contributed by atoms with Crippen LogP contribution < -0.4 is 5.32 Å². The van der Waals surface area contributed by atoms with Crippen LogP contribution in [-0.4, -0.2) is 4.98 Å². The maximum atomic E-state index is 4.76. The second-order valence-electron chi connectivity index (χ2n) is 7.55. The van der Waals surface area contributed by atoms with Crippen molar-refractivity contribution >= 4 is 49.9 Å². The van der Waals surface area contributed by atoms with E-state index < -0.39 is 0 Å². The molecular formula is C23H23BrN2S. The Kier molecular flexibility index (Phi) is 5.68. The molecule has 4 rings (SSSR count). The highest BCUT2D eigenvalue weighted by atomic mass is 79.9. The van der Waals surface area contributed by atoms with Crippen LogP contribution in [-0.2, 0) is 5.41 Å².